The van der Waals surface area contributed by atoms with Crippen molar-refractivity contribution in [3.05, 3.63) is 47.5 Å². The van der Waals surface area contributed by atoms with Crippen molar-refractivity contribution in [2.24, 2.45) is 5.73 Å². The van der Waals surface area contributed by atoms with Crippen LogP contribution in [0.2, 0.25) is 0 Å². The van der Waals surface area contributed by atoms with Crippen molar-refractivity contribution < 1.29 is 0 Å². The zero-order valence-corrected chi connectivity index (χ0v) is 9.89. The summed E-state index contributed by atoms with van der Waals surface area (Å²) in [6.07, 6.45) is 6.73. The van der Waals surface area contributed by atoms with Crippen LogP contribution in [0.4, 0.5) is 0 Å². The van der Waals surface area contributed by atoms with Crippen LogP contribution >= 0.6 is 0 Å². The number of aryl methyl sites for hydroxylation is 1. The van der Waals surface area contributed by atoms with E-state index in [2.05, 4.69) is 27.8 Å². The van der Waals surface area contributed by atoms with E-state index >= 15 is 0 Å². The van der Waals surface area contributed by atoms with Gasteiger partial charge in [-0.05, 0) is 37.3 Å². The fourth-order valence-corrected chi connectivity index (χ4v) is 2.60. The molecular weight excluding hydrogens is 210 g/mol. The van der Waals surface area contributed by atoms with E-state index in [0.29, 0.717) is 6.54 Å². The van der Waals surface area contributed by atoms with Crippen LogP contribution in [0.15, 0.2) is 30.6 Å². The standard InChI is InChI=1S/C14H17N3/c15-9-11-5-1-3-7-13(11)17-10-16-12-6-2-4-8-14(12)17/h1,3,5,7,10H,2,4,6,8-9,15H2. The van der Waals surface area contributed by atoms with E-state index in [4.69, 9.17) is 5.73 Å². The summed E-state index contributed by atoms with van der Waals surface area (Å²) in [5.74, 6) is 0. The Kier molecular flexibility index (Phi) is 2.69. The summed E-state index contributed by atoms with van der Waals surface area (Å²) in [4.78, 5) is 4.53. The first kappa shape index (κ1) is 10.5. The third-order valence-electron chi connectivity index (χ3n) is 3.50. The second kappa shape index (κ2) is 4.34. The number of nitrogens with zero attached hydrogens (tertiary/aromatic N) is 2. The smallest absolute Gasteiger partial charge is 0.0997 e. The lowest BCUT2D eigenvalue weighted by molar-refractivity contribution is 0.655. The lowest BCUT2D eigenvalue weighted by Gasteiger charge is -2.16. The highest BCUT2D eigenvalue weighted by Gasteiger charge is 2.16. The van der Waals surface area contributed by atoms with Crippen molar-refractivity contribution in [1.29, 1.82) is 0 Å². The zero-order valence-electron chi connectivity index (χ0n) is 9.89. The molecule has 0 radical (unpaired) electrons. The molecule has 0 spiro atoms. The van der Waals surface area contributed by atoms with E-state index in [1.54, 1.807) is 0 Å². The molecule has 1 heterocycles. The van der Waals surface area contributed by atoms with Crippen molar-refractivity contribution in [1.82, 2.24) is 9.55 Å². The Morgan fingerprint density at radius 1 is 1.18 bits per heavy atom. The minimum absolute atomic E-state index is 0.573. The molecule has 88 valence electrons. The maximum absolute atomic E-state index is 5.80. The quantitative estimate of drug-likeness (QED) is 0.854. The molecule has 1 aromatic carbocycles. The highest BCUT2D eigenvalue weighted by Crippen LogP contribution is 2.24. The Balaban J connectivity index is 2.12. The lowest BCUT2D eigenvalue weighted by Crippen LogP contribution is -2.09. The van der Waals surface area contributed by atoms with Crippen molar-refractivity contribution >= 4 is 0 Å². The molecule has 0 unspecified atom stereocenters. The van der Waals surface area contributed by atoms with Gasteiger partial charge in [0.25, 0.3) is 0 Å². The Morgan fingerprint density at radius 3 is 2.88 bits per heavy atom. The van der Waals surface area contributed by atoms with Gasteiger partial charge in [0, 0.05) is 12.2 Å². The van der Waals surface area contributed by atoms with Gasteiger partial charge in [-0.3, -0.25) is 0 Å². The van der Waals surface area contributed by atoms with Crippen LogP contribution in [0.25, 0.3) is 5.69 Å². The van der Waals surface area contributed by atoms with Crippen LogP contribution in [0.1, 0.15) is 29.8 Å². The van der Waals surface area contributed by atoms with Gasteiger partial charge in [-0.15, -0.1) is 0 Å². The molecule has 1 aliphatic rings. The number of benzene rings is 1. The topological polar surface area (TPSA) is 43.8 Å². The number of imidazole rings is 1. The fourth-order valence-electron chi connectivity index (χ4n) is 2.60. The van der Waals surface area contributed by atoms with Crippen molar-refractivity contribution in [2.75, 3.05) is 0 Å². The second-order valence-corrected chi connectivity index (χ2v) is 4.55. The molecule has 0 saturated carbocycles. The van der Waals surface area contributed by atoms with Gasteiger partial charge in [0.15, 0.2) is 0 Å². The van der Waals surface area contributed by atoms with Gasteiger partial charge in [-0.25, -0.2) is 4.98 Å². The number of hydrogen-bond acceptors (Lipinski definition) is 2. The van der Waals surface area contributed by atoms with E-state index < -0.39 is 0 Å². The monoisotopic (exact) mass is 227 g/mol. The van der Waals surface area contributed by atoms with E-state index in [0.717, 1.165) is 12.8 Å². The molecule has 0 saturated heterocycles. The van der Waals surface area contributed by atoms with Crippen LogP contribution in [0.3, 0.4) is 0 Å². The lowest BCUT2D eigenvalue weighted by atomic mass is 10.0. The SMILES string of the molecule is NCc1ccccc1-n1cnc2c1CCCC2. The van der Waals surface area contributed by atoms with Gasteiger partial charge in [0.1, 0.15) is 0 Å². The number of rotatable bonds is 2. The molecular formula is C14H17N3. The van der Waals surface area contributed by atoms with Gasteiger partial charge in [-0.1, -0.05) is 18.2 Å². The van der Waals surface area contributed by atoms with Crippen molar-refractivity contribution in [3.8, 4) is 5.69 Å². The van der Waals surface area contributed by atoms with Gasteiger partial charge < -0.3 is 10.3 Å². The summed E-state index contributed by atoms with van der Waals surface area (Å²) < 4.78 is 2.22. The van der Waals surface area contributed by atoms with Crippen LogP contribution in [-0.4, -0.2) is 9.55 Å². The predicted molar refractivity (Wildman–Crippen MR) is 68.1 cm³/mol. The zero-order chi connectivity index (χ0) is 11.7. The molecule has 2 N–H and O–H groups in total. The molecule has 0 aliphatic heterocycles. The highest BCUT2D eigenvalue weighted by molar-refractivity contribution is 5.43. The molecule has 0 amide bonds. The summed E-state index contributed by atoms with van der Waals surface area (Å²) in [5, 5.41) is 0. The summed E-state index contributed by atoms with van der Waals surface area (Å²) in [6, 6.07) is 8.31. The second-order valence-electron chi connectivity index (χ2n) is 4.55. The highest BCUT2D eigenvalue weighted by atomic mass is 15.1. The molecule has 0 atom stereocenters. The van der Waals surface area contributed by atoms with Crippen LogP contribution < -0.4 is 5.73 Å². The Hall–Kier alpha value is -1.61. The maximum Gasteiger partial charge on any atom is 0.0997 e. The summed E-state index contributed by atoms with van der Waals surface area (Å²) in [7, 11) is 0. The van der Waals surface area contributed by atoms with E-state index in [1.807, 2.05) is 12.4 Å². The van der Waals surface area contributed by atoms with Crippen molar-refractivity contribution in [2.45, 2.75) is 32.2 Å². The molecule has 0 bridgehead atoms. The molecule has 3 heteroatoms. The first-order chi connectivity index (χ1) is 8.40. The molecule has 3 nitrogen and oxygen atoms in total. The number of hydrogen-bond donors (Lipinski definition) is 1. The normalized spacial score (nSPS) is 14.6. The Labute approximate surface area is 101 Å². The Morgan fingerprint density at radius 2 is 2.00 bits per heavy atom. The summed E-state index contributed by atoms with van der Waals surface area (Å²) >= 11 is 0. The van der Waals surface area contributed by atoms with Gasteiger partial charge in [0.2, 0.25) is 0 Å². The average Bonchev–Trinajstić information content (AvgIpc) is 2.82. The third kappa shape index (κ3) is 1.76. The molecule has 3 rings (SSSR count). The minimum Gasteiger partial charge on any atom is -0.326 e. The van der Waals surface area contributed by atoms with Crippen molar-refractivity contribution in [3.63, 3.8) is 0 Å². The first-order valence-corrected chi connectivity index (χ1v) is 6.23. The van der Waals surface area contributed by atoms with E-state index in [9.17, 15) is 0 Å². The van der Waals surface area contributed by atoms with E-state index in [1.165, 1.54) is 35.5 Å². The van der Waals surface area contributed by atoms with E-state index in [-0.39, 0.29) is 0 Å². The number of aromatic nitrogens is 2. The molecule has 0 fully saturated rings. The van der Waals surface area contributed by atoms with Crippen LogP contribution in [-0.2, 0) is 19.4 Å². The van der Waals surface area contributed by atoms with Crippen LogP contribution in [0, 0.1) is 0 Å². The average molecular weight is 227 g/mol. The van der Waals surface area contributed by atoms with Gasteiger partial charge >= 0.3 is 0 Å². The minimum atomic E-state index is 0.573. The molecule has 1 aromatic heterocycles. The Bertz CT molecular complexity index is 528. The molecule has 1 aliphatic carbocycles. The summed E-state index contributed by atoms with van der Waals surface area (Å²) in [6.45, 7) is 0.573. The number of nitrogens with two attached hydrogens (primary N) is 1. The number of para-hydroxylation sites is 1. The fraction of sp³-hybridized carbons (Fsp3) is 0.357. The first-order valence-electron chi connectivity index (χ1n) is 6.23. The molecule has 17 heavy (non-hydrogen) atoms. The van der Waals surface area contributed by atoms with Crippen LogP contribution in [0.5, 0.6) is 0 Å². The number of fused-ring (bicyclic) bond motifs is 1. The predicted octanol–water partition coefficient (Wildman–Crippen LogP) is 2.21. The third-order valence-corrected chi connectivity index (χ3v) is 3.50. The van der Waals surface area contributed by atoms with Gasteiger partial charge in [-0.2, -0.15) is 0 Å². The maximum atomic E-state index is 5.80. The largest absolute Gasteiger partial charge is 0.326 e. The van der Waals surface area contributed by atoms with Gasteiger partial charge in [0.05, 0.1) is 17.7 Å². The summed E-state index contributed by atoms with van der Waals surface area (Å²) in [5.41, 5.74) is 10.8. The molecule has 2 aromatic rings.